The number of urea groups is 1. The lowest BCUT2D eigenvalue weighted by atomic mass is 10.7. The van der Waals surface area contributed by atoms with Gasteiger partial charge in [-0.1, -0.05) is 31.9 Å². The monoisotopic (exact) mass is 244 g/mol. The van der Waals surface area contributed by atoms with E-state index >= 15 is 0 Å². The van der Waals surface area contributed by atoms with Gasteiger partial charge in [0.05, 0.1) is 3.74 Å². The van der Waals surface area contributed by atoms with Gasteiger partial charge in [0.2, 0.25) is 0 Å². The van der Waals surface area contributed by atoms with Gasteiger partial charge >= 0.3 is 6.03 Å². The van der Waals surface area contributed by atoms with E-state index in [0.29, 0.717) is 6.54 Å². The SMILES string of the molecule is NC(=O)NCC(Br)Br. The fourth-order valence-corrected chi connectivity index (χ4v) is 0.501. The van der Waals surface area contributed by atoms with E-state index in [2.05, 4.69) is 37.2 Å². The summed E-state index contributed by atoms with van der Waals surface area (Å²) < 4.78 is 0.0995. The molecule has 0 atom stereocenters. The van der Waals surface area contributed by atoms with Crippen molar-refractivity contribution in [2.45, 2.75) is 3.74 Å². The number of carbonyl (C=O) groups excluding carboxylic acids is 1. The molecule has 0 aliphatic heterocycles. The Morgan fingerprint density at radius 3 is 2.38 bits per heavy atom. The molecular weight excluding hydrogens is 240 g/mol. The van der Waals surface area contributed by atoms with Crippen molar-refractivity contribution in [3.05, 3.63) is 0 Å². The van der Waals surface area contributed by atoms with E-state index in [-0.39, 0.29) is 3.74 Å². The minimum absolute atomic E-state index is 0.0995. The number of nitrogens with two attached hydrogens (primary N) is 1. The first-order valence-electron chi connectivity index (χ1n) is 1.94. The molecule has 0 aromatic heterocycles. The molecule has 0 heterocycles. The van der Waals surface area contributed by atoms with Gasteiger partial charge in [-0.25, -0.2) is 4.79 Å². The molecule has 0 bridgehead atoms. The molecule has 3 nitrogen and oxygen atoms in total. The fourth-order valence-electron chi connectivity index (χ4n) is 0.178. The number of hydrogen-bond acceptors (Lipinski definition) is 1. The van der Waals surface area contributed by atoms with Crippen LogP contribution in [-0.2, 0) is 0 Å². The third-order valence-electron chi connectivity index (χ3n) is 0.431. The molecule has 0 aromatic carbocycles. The van der Waals surface area contributed by atoms with Gasteiger partial charge in [0, 0.05) is 6.54 Å². The van der Waals surface area contributed by atoms with Crippen molar-refractivity contribution in [3.8, 4) is 0 Å². The van der Waals surface area contributed by atoms with E-state index < -0.39 is 6.03 Å². The smallest absolute Gasteiger partial charge is 0.312 e. The van der Waals surface area contributed by atoms with Crippen molar-refractivity contribution in [2.24, 2.45) is 5.73 Å². The molecule has 3 N–H and O–H groups in total. The largest absolute Gasteiger partial charge is 0.352 e. The third kappa shape index (κ3) is 6.23. The molecule has 0 aliphatic rings. The maximum atomic E-state index is 9.97. The van der Waals surface area contributed by atoms with E-state index in [1.165, 1.54) is 0 Å². The molecule has 0 saturated heterocycles. The topological polar surface area (TPSA) is 55.1 Å². The van der Waals surface area contributed by atoms with Crippen LogP contribution in [-0.4, -0.2) is 16.3 Å². The molecule has 0 saturated carbocycles. The van der Waals surface area contributed by atoms with Gasteiger partial charge < -0.3 is 11.1 Å². The van der Waals surface area contributed by atoms with Gasteiger partial charge in [0.25, 0.3) is 0 Å². The first-order valence-corrected chi connectivity index (χ1v) is 3.77. The van der Waals surface area contributed by atoms with Gasteiger partial charge in [-0.3, -0.25) is 0 Å². The molecule has 0 aromatic rings. The van der Waals surface area contributed by atoms with Gasteiger partial charge in [0.15, 0.2) is 0 Å². The van der Waals surface area contributed by atoms with Crippen molar-refractivity contribution < 1.29 is 4.79 Å². The number of alkyl halides is 2. The molecule has 0 fully saturated rings. The minimum Gasteiger partial charge on any atom is -0.352 e. The van der Waals surface area contributed by atoms with Crippen molar-refractivity contribution in [3.63, 3.8) is 0 Å². The van der Waals surface area contributed by atoms with Crippen LogP contribution in [0, 0.1) is 0 Å². The molecule has 48 valence electrons. The summed E-state index contributed by atoms with van der Waals surface area (Å²) in [4.78, 5) is 9.97. The molecule has 0 aliphatic carbocycles. The highest BCUT2D eigenvalue weighted by atomic mass is 79.9. The first-order chi connectivity index (χ1) is 3.63. The Morgan fingerprint density at radius 2 is 2.25 bits per heavy atom. The summed E-state index contributed by atoms with van der Waals surface area (Å²) in [5, 5.41) is 2.39. The summed E-state index contributed by atoms with van der Waals surface area (Å²) in [6.07, 6.45) is 0. The van der Waals surface area contributed by atoms with Crippen molar-refractivity contribution in [1.82, 2.24) is 5.32 Å². The molecule has 0 rings (SSSR count). The molecule has 0 spiro atoms. The maximum absolute atomic E-state index is 9.97. The van der Waals surface area contributed by atoms with Crippen LogP contribution in [0.5, 0.6) is 0 Å². The average molecular weight is 246 g/mol. The number of primary amides is 1. The third-order valence-corrected chi connectivity index (χ3v) is 1.08. The lowest BCUT2D eigenvalue weighted by Gasteiger charge is -1.99. The Balaban J connectivity index is 3.05. The number of nitrogens with one attached hydrogen (secondary N) is 1. The van der Waals surface area contributed by atoms with Gasteiger partial charge in [0.1, 0.15) is 0 Å². The zero-order valence-corrected chi connectivity index (χ0v) is 7.20. The Kier molecular flexibility index (Phi) is 4.26. The summed E-state index contributed by atoms with van der Waals surface area (Å²) in [6.45, 7) is 0.495. The van der Waals surface area contributed by atoms with E-state index in [0.717, 1.165) is 0 Å². The van der Waals surface area contributed by atoms with Crippen LogP contribution in [0.2, 0.25) is 0 Å². The standard InChI is InChI=1S/C3H6Br2N2O/c4-2(5)1-7-3(6)8/h2H,1H2,(H3,6,7,8). The van der Waals surface area contributed by atoms with Gasteiger partial charge in [-0.2, -0.15) is 0 Å². The minimum atomic E-state index is -0.506. The van der Waals surface area contributed by atoms with Crippen molar-refractivity contribution >= 4 is 37.9 Å². The zero-order valence-electron chi connectivity index (χ0n) is 4.03. The highest BCUT2D eigenvalue weighted by Crippen LogP contribution is 2.04. The summed E-state index contributed by atoms with van der Waals surface area (Å²) >= 11 is 6.30. The Labute approximate surface area is 64.3 Å². The summed E-state index contributed by atoms with van der Waals surface area (Å²) in [5.74, 6) is 0. The van der Waals surface area contributed by atoms with Crippen LogP contribution < -0.4 is 11.1 Å². The van der Waals surface area contributed by atoms with E-state index in [4.69, 9.17) is 5.73 Å². The summed E-state index contributed by atoms with van der Waals surface area (Å²) in [7, 11) is 0. The summed E-state index contributed by atoms with van der Waals surface area (Å²) in [5.41, 5.74) is 4.75. The zero-order chi connectivity index (χ0) is 6.57. The number of carbonyl (C=O) groups is 1. The molecule has 5 heteroatoms. The van der Waals surface area contributed by atoms with Crippen molar-refractivity contribution in [1.29, 1.82) is 0 Å². The second kappa shape index (κ2) is 4.14. The molecule has 2 amide bonds. The van der Waals surface area contributed by atoms with Gasteiger partial charge in [-0.15, -0.1) is 0 Å². The van der Waals surface area contributed by atoms with Crippen LogP contribution in [0.1, 0.15) is 0 Å². The predicted octanol–water partition coefficient (Wildman–Crippen LogP) is 0.771. The normalized spacial score (nSPS) is 9.38. The number of rotatable bonds is 2. The van der Waals surface area contributed by atoms with Crippen LogP contribution in [0.15, 0.2) is 0 Å². The van der Waals surface area contributed by atoms with Crippen LogP contribution in [0.4, 0.5) is 4.79 Å². The molecule has 0 radical (unpaired) electrons. The van der Waals surface area contributed by atoms with E-state index in [9.17, 15) is 4.79 Å². The second-order valence-electron chi connectivity index (χ2n) is 1.14. The van der Waals surface area contributed by atoms with Crippen LogP contribution in [0.25, 0.3) is 0 Å². The number of hydrogen-bond donors (Lipinski definition) is 2. The lowest BCUT2D eigenvalue weighted by molar-refractivity contribution is 0.249. The average Bonchev–Trinajstić information content (AvgIpc) is 1.61. The highest BCUT2D eigenvalue weighted by Gasteiger charge is 1.96. The first kappa shape index (κ1) is 8.23. The summed E-state index contributed by atoms with van der Waals surface area (Å²) in [6, 6.07) is -0.506. The molecule has 8 heavy (non-hydrogen) atoms. The number of halogens is 2. The fraction of sp³-hybridized carbons (Fsp3) is 0.667. The predicted molar refractivity (Wildman–Crippen MR) is 39.2 cm³/mol. The maximum Gasteiger partial charge on any atom is 0.312 e. The van der Waals surface area contributed by atoms with Crippen LogP contribution >= 0.6 is 31.9 Å². The molecular formula is C3H6Br2N2O. The number of amides is 2. The van der Waals surface area contributed by atoms with E-state index in [1.807, 2.05) is 0 Å². The Bertz CT molecular complexity index is 85.4. The highest BCUT2D eigenvalue weighted by molar-refractivity contribution is 9.24. The Morgan fingerprint density at radius 1 is 1.75 bits per heavy atom. The van der Waals surface area contributed by atoms with E-state index in [1.54, 1.807) is 0 Å². The van der Waals surface area contributed by atoms with Crippen molar-refractivity contribution in [2.75, 3.05) is 6.54 Å². The second-order valence-corrected chi connectivity index (χ2v) is 4.58. The quantitative estimate of drug-likeness (QED) is 0.694. The van der Waals surface area contributed by atoms with Gasteiger partial charge in [-0.05, 0) is 0 Å². The van der Waals surface area contributed by atoms with Crippen LogP contribution in [0.3, 0.4) is 0 Å². The lowest BCUT2D eigenvalue weighted by Crippen LogP contribution is -2.32. The molecule has 0 unspecified atom stereocenters. The Hall–Kier alpha value is 0.230.